The van der Waals surface area contributed by atoms with E-state index in [1.807, 2.05) is 40.7 Å². The van der Waals surface area contributed by atoms with E-state index in [2.05, 4.69) is 11.2 Å². The lowest BCUT2D eigenvalue weighted by Crippen LogP contribution is -2.31. The summed E-state index contributed by atoms with van der Waals surface area (Å²) in [5.41, 5.74) is 3.49. The minimum Gasteiger partial charge on any atom is -0.481 e. The number of aliphatic carboxylic acids is 1. The lowest BCUT2D eigenvalue weighted by Gasteiger charge is -2.20. The standard InChI is InChI=1S/C19H25NO4/c1-7-16-12(2)14(9-17(21)22)8-15(13(16)3)10-20-11-18(23)24-19(4,5)6/h1,8,20H,9-11H2,2-6H3,(H,21,22). The first-order valence-electron chi connectivity index (χ1n) is 7.78. The van der Waals surface area contributed by atoms with E-state index in [0.717, 1.165) is 16.7 Å². The van der Waals surface area contributed by atoms with Gasteiger partial charge in [0, 0.05) is 12.1 Å². The van der Waals surface area contributed by atoms with Gasteiger partial charge in [-0.1, -0.05) is 12.0 Å². The van der Waals surface area contributed by atoms with Crippen LogP contribution in [0.3, 0.4) is 0 Å². The molecule has 0 saturated heterocycles. The van der Waals surface area contributed by atoms with Gasteiger partial charge >= 0.3 is 11.9 Å². The fraction of sp³-hybridized carbons (Fsp3) is 0.474. The molecule has 0 aliphatic rings. The van der Waals surface area contributed by atoms with E-state index in [9.17, 15) is 9.59 Å². The van der Waals surface area contributed by atoms with Crippen molar-refractivity contribution in [3.63, 3.8) is 0 Å². The van der Waals surface area contributed by atoms with Crippen LogP contribution in [0.2, 0.25) is 0 Å². The summed E-state index contributed by atoms with van der Waals surface area (Å²) in [7, 11) is 0. The molecule has 0 aliphatic carbocycles. The van der Waals surface area contributed by atoms with Crippen molar-refractivity contribution in [1.82, 2.24) is 5.32 Å². The molecule has 0 aromatic heterocycles. The number of hydrogen-bond donors (Lipinski definition) is 2. The summed E-state index contributed by atoms with van der Waals surface area (Å²) < 4.78 is 5.23. The average Bonchev–Trinajstić information content (AvgIpc) is 2.42. The second-order valence-corrected chi connectivity index (χ2v) is 6.72. The summed E-state index contributed by atoms with van der Waals surface area (Å²) in [5, 5.41) is 12.1. The second-order valence-electron chi connectivity index (χ2n) is 6.72. The van der Waals surface area contributed by atoms with Crippen LogP contribution in [-0.2, 0) is 27.3 Å². The van der Waals surface area contributed by atoms with Gasteiger partial charge in [0.1, 0.15) is 5.60 Å². The molecule has 130 valence electrons. The van der Waals surface area contributed by atoms with E-state index in [1.165, 1.54) is 0 Å². The van der Waals surface area contributed by atoms with Crippen molar-refractivity contribution >= 4 is 11.9 Å². The number of ether oxygens (including phenoxy) is 1. The zero-order valence-electron chi connectivity index (χ0n) is 14.9. The Labute approximate surface area is 143 Å². The molecule has 0 atom stereocenters. The number of carboxylic acid groups (broad SMARTS) is 1. The van der Waals surface area contributed by atoms with E-state index in [0.29, 0.717) is 17.7 Å². The molecule has 1 aromatic carbocycles. The van der Waals surface area contributed by atoms with Crippen molar-refractivity contribution < 1.29 is 19.4 Å². The van der Waals surface area contributed by atoms with Gasteiger partial charge in [-0.25, -0.2) is 0 Å². The van der Waals surface area contributed by atoms with Crippen molar-refractivity contribution in [2.75, 3.05) is 6.54 Å². The van der Waals surface area contributed by atoms with E-state index >= 15 is 0 Å². The summed E-state index contributed by atoms with van der Waals surface area (Å²) >= 11 is 0. The van der Waals surface area contributed by atoms with Gasteiger partial charge in [0.25, 0.3) is 0 Å². The highest BCUT2D eigenvalue weighted by Gasteiger charge is 2.17. The number of carbonyl (C=O) groups excluding carboxylic acids is 1. The first-order valence-corrected chi connectivity index (χ1v) is 7.78. The number of hydrogen-bond acceptors (Lipinski definition) is 4. The number of rotatable bonds is 6. The van der Waals surface area contributed by atoms with E-state index in [-0.39, 0.29) is 18.9 Å². The topological polar surface area (TPSA) is 75.6 Å². The van der Waals surface area contributed by atoms with Crippen molar-refractivity contribution in [2.24, 2.45) is 0 Å². The van der Waals surface area contributed by atoms with E-state index < -0.39 is 11.6 Å². The highest BCUT2D eigenvalue weighted by Crippen LogP contribution is 2.22. The summed E-state index contributed by atoms with van der Waals surface area (Å²) in [6.07, 6.45) is 5.49. The quantitative estimate of drug-likeness (QED) is 0.618. The molecule has 0 aliphatic heterocycles. The Morgan fingerprint density at radius 1 is 1.25 bits per heavy atom. The van der Waals surface area contributed by atoms with Crippen molar-refractivity contribution in [2.45, 2.75) is 53.2 Å². The Bertz CT molecular complexity index is 678. The second kappa shape index (κ2) is 7.98. The summed E-state index contributed by atoms with van der Waals surface area (Å²) in [5.74, 6) is 1.39. The van der Waals surface area contributed by atoms with Crippen LogP contribution in [0.4, 0.5) is 0 Å². The molecule has 0 saturated carbocycles. The summed E-state index contributed by atoms with van der Waals surface area (Å²) in [4.78, 5) is 22.8. The zero-order chi connectivity index (χ0) is 18.5. The van der Waals surface area contributed by atoms with Crippen LogP contribution in [0.15, 0.2) is 6.07 Å². The zero-order valence-corrected chi connectivity index (χ0v) is 14.9. The lowest BCUT2D eigenvalue weighted by molar-refractivity contribution is -0.153. The van der Waals surface area contributed by atoms with E-state index in [4.69, 9.17) is 16.3 Å². The van der Waals surface area contributed by atoms with E-state index in [1.54, 1.807) is 0 Å². The molecule has 1 rings (SSSR count). The van der Waals surface area contributed by atoms with Crippen LogP contribution in [0.25, 0.3) is 0 Å². The molecular formula is C19H25NO4. The molecule has 0 heterocycles. The number of esters is 1. The smallest absolute Gasteiger partial charge is 0.320 e. The fourth-order valence-corrected chi connectivity index (χ4v) is 2.45. The monoisotopic (exact) mass is 331 g/mol. The molecule has 0 amide bonds. The van der Waals surface area contributed by atoms with Crippen LogP contribution in [0.1, 0.15) is 48.6 Å². The molecule has 24 heavy (non-hydrogen) atoms. The number of carbonyl (C=O) groups is 2. The maximum Gasteiger partial charge on any atom is 0.320 e. The van der Waals surface area contributed by atoms with Gasteiger partial charge in [0.2, 0.25) is 0 Å². The van der Waals surface area contributed by atoms with Gasteiger partial charge in [-0.05, 0) is 56.9 Å². The van der Waals surface area contributed by atoms with Crippen LogP contribution >= 0.6 is 0 Å². The maximum absolute atomic E-state index is 11.7. The Hall–Kier alpha value is -2.32. The van der Waals surface area contributed by atoms with Crippen molar-refractivity contribution in [3.05, 3.63) is 33.9 Å². The minimum absolute atomic E-state index is 0.0736. The highest BCUT2D eigenvalue weighted by molar-refractivity contribution is 5.72. The predicted molar refractivity (Wildman–Crippen MR) is 92.7 cm³/mol. The fourth-order valence-electron chi connectivity index (χ4n) is 2.45. The summed E-state index contributed by atoms with van der Waals surface area (Å²) in [6.45, 7) is 9.65. The maximum atomic E-state index is 11.7. The molecule has 0 fully saturated rings. The van der Waals surface area contributed by atoms with Crippen molar-refractivity contribution in [1.29, 1.82) is 0 Å². The van der Waals surface area contributed by atoms with Gasteiger partial charge in [0.15, 0.2) is 0 Å². The Balaban J connectivity index is 2.90. The predicted octanol–water partition coefficient (Wildman–Crippen LogP) is 2.34. The largest absolute Gasteiger partial charge is 0.481 e. The Kier molecular flexibility index (Phi) is 6.56. The highest BCUT2D eigenvalue weighted by atomic mass is 16.6. The third-order valence-corrected chi connectivity index (χ3v) is 3.55. The Morgan fingerprint density at radius 2 is 1.83 bits per heavy atom. The number of benzene rings is 1. The molecule has 1 aromatic rings. The van der Waals surface area contributed by atoms with Crippen LogP contribution in [-0.4, -0.2) is 29.2 Å². The van der Waals surface area contributed by atoms with Crippen molar-refractivity contribution in [3.8, 4) is 12.3 Å². The van der Waals surface area contributed by atoms with Crippen LogP contribution < -0.4 is 5.32 Å². The van der Waals surface area contributed by atoms with Gasteiger partial charge in [-0.2, -0.15) is 0 Å². The van der Waals surface area contributed by atoms with Crippen LogP contribution in [0, 0.1) is 26.2 Å². The Morgan fingerprint density at radius 3 is 2.33 bits per heavy atom. The normalized spacial score (nSPS) is 11.0. The number of terminal acetylenes is 1. The first-order chi connectivity index (χ1) is 11.0. The van der Waals surface area contributed by atoms with Gasteiger partial charge in [0.05, 0.1) is 13.0 Å². The third kappa shape index (κ3) is 5.71. The molecule has 0 unspecified atom stereocenters. The van der Waals surface area contributed by atoms with Gasteiger partial charge < -0.3 is 15.2 Å². The number of nitrogens with one attached hydrogen (secondary N) is 1. The molecule has 0 radical (unpaired) electrons. The third-order valence-electron chi connectivity index (χ3n) is 3.55. The lowest BCUT2D eigenvalue weighted by atomic mass is 9.92. The van der Waals surface area contributed by atoms with Gasteiger partial charge in [-0.3, -0.25) is 9.59 Å². The molecular weight excluding hydrogens is 306 g/mol. The molecule has 5 nitrogen and oxygen atoms in total. The van der Waals surface area contributed by atoms with Crippen LogP contribution in [0.5, 0.6) is 0 Å². The van der Waals surface area contributed by atoms with Gasteiger partial charge in [-0.15, -0.1) is 6.42 Å². The molecule has 0 bridgehead atoms. The minimum atomic E-state index is -0.905. The average molecular weight is 331 g/mol. The molecule has 5 heteroatoms. The SMILES string of the molecule is C#Cc1c(C)c(CNCC(=O)OC(C)(C)C)cc(CC(=O)O)c1C. The molecule has 2 N–H and O–H groups in total. The summed E-state index contributed by atoms with van der Waals surface area (Å²) in [6, 6.07) is 1.84. The first kappa shape index (κ1) is 19.7. The molecule has 0 spiro atoms. The number of carboxylic acids is 1.